The Labute approximate surface area is 107 Å². The number of benzene rings is 1. The van der Waals surface area contributed by atoms with E-state index in [1.165, 1.54) is 6.07 Å². The van der Waals surface area contributed by atoms with Crippen molar-refractivity contribution in [3.63, 3.8) is 0 Å². The summed E-state index contributed by atoms with van der Waals surface area (Å²) in [5.74, 6) is 5.15. The second-order valence-corrected chi connectivity index (χ2v) is 5.99. The van der Waals surface area contributed by atoms with Gasteiger partial charge in [0.15, 0.2) is 0 Å². The van der Waals surface area contributed by atoms with Crippen molar-refractivity contribution in [2.75, 3.05) is 0 Å². The molecule has 0 aliphatic rings. The first-order chi connectivity index (χ1) is 7.81. The molecular weight excluding hydrogens is 239 g/mol. The van der Waals surface area contributed by atoms with Gasteiger partial charge in [-0.25, -0.2) is 4.39 Å². The lowest BCUT2D eigenvalue weighted by Crippen LogP contribution is -2.39. The highest BCUT2D eigenvalue weighted by molar-refractivity contribution is 6.30. The van der Waals surface area contributed by atoms with Crippen LogP contribution in [0.25, 0.3) is 0 Å². The smallest absolute Gasteiger partial charge is 0.142 e. The summed E-state index contributed by atoms with van der Waals surface area (Å²) in [5, 5.41) is 0.154. The topological polar surface area (TPSA) is 38.0 Å². The molecule has 0 saturated heterocycles. The van der Waals surface area contributed by atoms with Crippen molar-refractivity contribution in [2.45, 2.75) is 39.7 Å². The molecule has 0 fully saturated rings. The van der Waals surface area contributed by atoms with Crippen LogP contribution >= 0.6 is 11.6 Å². The summed E-state index contributed by atoms with van der Waals surface area (Å²) in [5.41, 5.74) is 3.87. The van der Waals surface area contributed by atoms with E-state index in [1.54, 1.807) is 6.07 Å². The molecule has 1 aromatic carbocycles. The summed E-state index contributed by atoms with van der Waals surface area (Å²) in [6.45, 7) is 6.46. The van der Waals surface area contributed by atoms with E-state index in [0.29, 0.717) is 6.42 Å². The minimum Gasteiger partial charge on any atom is -0.271 e. The molecule has 3 N–H and O–H groups in total. The van der Waals surface area contributed by atoms with Gasteiger partial charge in [0.2, 0.25) is 0 Å². The van der Waals surface area contributed by atoms with Crippen molar-refractivity contribution in [2.24, 2.45) is 11.3 Å². The lowest BCUT2D eigenvalue weighted by molar-refractivity contribution is 0.308. The third kappa shape index (κ3) is 5.02. The fourth-order valence-corrected chi connectivity index (χ4v) is 2.00. The highest BCUT2D eigenvalue weighted by atomic mass is 35.5. The molecule has 0 heterocycles. The molecule has 0 amide bonds. The zero-order valence-corrected chi connectivity index (χ0v) is 11.3. The second-order valence-electron chi connectivity index (χ2n) is 5.58. The first-order valence-electron chi connectivity index (χ1n) is 5.72. The molecule has 0 saturated carbocycles. The maximum absolute atomic E-state index is 13.3. The van der Waals surface area contributed by atoms with Crippen LogP contribution in [0.15, 0.2) is 18.2 Å². The summed E-state index contributed by atoms with van der Waals surface area (Å²) in [4.78, 5) is 0. The first kappa shape index (κ1) is 14.4. The molecule has 0 aliphatic heterocycles. The standard InChI is InChI=1S/C13H20ClFN2/c1-13(2,3)8-10(17-16)6-9-4-5-11(14)12(15)7-9/h4-5,7,10,17H,6,8,16H2,1-3H3. The molecule has 2 nitrogen and oxygen atoms in total. The van der Waals surface area contributed by atoms with Gasteiger partial charge in [-0.2, -0.15) is 0 Å². The monoisotopic (exact) mass is 258 g/mol. The Morgan fingerprint density at radius 2 is 2.06 bits per heavy atom. The average molecular weight is 259 g/mol. The van der Waals surface area contributed by atoms with Crippen LogP contribution in [0.1, 0.15) is 32.8 Å². The van der Waals surface area contributed by atoms with Crippen molar-refractivity contribution in [3.8, 4) is 0 Å². The average Bonchev–Trinajstić information content (AvgIpc) is 2.20. The number of halogens is 2. The Balaban J connectivity index is 2.70. The normalized spacial score (nSPS) is 13.8. The predicted molar refractivity (Wildman–Crippen MR) is 70.3 cm³/mol. The Morgan fingerprint density at radius 3 is 2.53 bits per heavy atom. The van der Waals surface area contributed by atoms with Gasteiger partial charge in [-0.05, 0) is 36.0 Å². The van der Waals surface area contributed by atoms with Crippen LogP contribution in [0.4, 0.5) is 4.39 Å². The molecule has 0 radical (unpaired) electrons. The first-order valence-corrected chi connectivity index (χ1v) is 6.09. The largest absolute Gasteiger partial charge is 0.271 e. The van der Waals surface area contributed by atoms with Gasteiger partial charge < -0.3 is 0 Å². The highest BCUT2D eigenvalue weighted by Gasteiger charge is 2.18. The number of hydrazine groups is 1. The van der Waals surface area contributed by atoms with Crippen LogP contribution in [-0.4, -0.2) is 6.04 Å². The van der Waals surface area contributed by atoms with Gasteiger partial charge in [0, 0.05) is 6.04 Å². The van der Waals surface area contributed by atoms with E-state index in [2.05, 4.69) is 26.2 Å². The minimum absolute atomic E-state index is 0.135. The number of hydrogen-bond donors (Lipinski definition) is 2. The molecule has 0 spiro atoms. The zero-order chi connectivity index (χ0) is 13.1. The number of rotatable bonds is 4. The number of nitrogens with one attached hydrogen (secondary N) is 1. The summed E-state index contributed by atoms with van der Waals surface area (Å²) >= 11 is 5.64. The van der Waals surface area contributed by atoms with E-state index in [9.17, 15) is 4.39 Å². The fraction of sp³-hybridized carbons (Fsp3) is 0.538. The van der Waals surface area contributed by atoms with E-state index in [4.69, 9.17) is 17.4 Å². The van der Waals surface area contributed by atoms with E-state index in [1.807, 2.05) is 6.07 Å². The van der Waals surface area contributed by atoms with Gasteiger partial charge in [-0.1, -0.05) is 38.4 Å². The highest BCUT2D eigenvalue weighted by Crippen LogP contribution is 2.23. The molecule has 0 bridgehead atoms. The summed E-state index contributed by atoms with van der Waals surface area (Å²) in [6, 6.07) is 5.01. The lowest BCUT2D eigenvalue weighted by Gasteiger charge is -2.25. The van der Waals surface area contributed by atoms with Crippen LogP contribution in [0.5, 0.6) is 0 Å². The zero-order valence-electron chi connectivity index (χ0n) is 10.6. The molecule has 1 aromatic rings. The quantitative estimate of drug-likeness (QED) is 0.643. The van der Waals surface area contributed by atoms with E-state index in [0.717, 1.165) is 12.0 Å². The molecule has 96 valence electrons. The minimum atomic E-state index is -0.379. The number of nitrogens with two attached hydrogens (primary N) is 1. The van der Waals surface area contributed by atoms with Gasteiger partial charge in [0.1, 0.15) is 5.82 Å². The lowest BCUT2D eigenvalue weighted by atomic mass is 9.86. The van der Waals surface area contributed by atoms with E-state index >= 15 is 0 Å². The van der Waals surface area contributed by atoms with Crippen molar-refractivity contribution < 1.29 is 4.39 Å². The molecule has 17 heavy (non-hydrogen) atoms. The van der Waals surface area contributed by atoms with Gasteiger partial charge in [-0.15, -0.1) is 0 Å². The summed E-state index contributed by atoms with van der Waals surface area (Å²) in [7, 11) is 0. The van der Waals surface area contributed by atoms with Crippen LogP contribution in [0, 0.1) is 11.2 Å². The SMILES string of the molecule is CC(C)(C)CC(Cc1ccc(Cl)c(F)c1)NN. The van der Waals surface area contributed by atoms with Crippen molar-refractivity contribution in [1.29, 1.82) is 0 Å². The van der Waals surface area contributed by atoms with Crippen LogP contribution in [-0.2, 0) is 6.42 Å². The third-order valence-corrected chi connectivity index (χ3v) is 2.87. The van der Waals surface area contributed by atoms with Gasteiger partial charge in [-0.3, -0.25) is 11.3 Å². The predicted octanol–water partition coefficient (Wildman–Crippen LogP) is 3.29. The molecule has 0 aliphatic carbocycles. The Hall–Kier alpha value is -0.640. The summed E-state index contributed by atoms with van der Waals surface area (Å²) in [6.07, 6.45) is 1.62. The maximum atomic E-state index is 13.3. The van der Waals surface area contributed by atoms with E-state index < -0.39 is 0 Å². The fourth-order valence-electron chi connectivity index (χ4n) is 1.88. The molecular formula is C13H20ClFN2. The van der Waals surface area contributed by atoms with E-state index in [-0.39, 0.29) is 22.3 Å². The Morgan fingerprint density at radius 1 is 1.41 bits per heavy atom. The molecule has 1 rings (SSSR count). The van der Waals surface area contributed by atoms with Gasteiger partial charge in [0.25, 0.3) is 0 Å². The van der Waals surface area contributed by atoms with Gasteiger partial charge in [0.05, 0.1) is 5.02 Å². The molecule has 1 unspecified atom stereocenters. The van der Waals surface area contributed by atoms with Crippen LogP contribution < -0.4 is 11.3 Å². The Bertz CT molecular complexity index is 374. The summed E-state index contributed by atoms with van der Waals surface area (Å²) < 4.78 is 13.3. The van der Waals surface area contributed by atoms with Gasteiger partial charge >= 0.3 is 0 Å². The molecule has 0 aromatic heterocycles. The number of hydrogen-bond acceptors (Lipinski definition) is 2. The van der Waals surface area contributed by atoms with Crippen molar-refractivity contribution in [3.05, 3.63) is 34.6 Å². The molecule has 1 atom stereocenters. The molecule has 4 heteroatoms. The Kier molecular flexibility index (Phi) is 4.92. The maximum Gasteiger partial charge on any atom is 0.142 e. The third-order valence-electron chi connectivity index (χ3n) is 2.56. The van der Waals surface area contributed by atoms with Crippen molar-refractivity contribution >= 4 is 11.6 Å². The van der Waals surface area contributed by atoms with Crippen LogP contribution in [0.2, 0.25) is 5.02 Å². The second kappa shape index (κ2) is 5.80. The van der Waals surface area contributed by atoms with Crippen molar-refractivity contribution in [1.82, 2.24) is 5.43 Å². The van der Waals surface area contributed by atoms with Crippen LogP contribution in [0.3, 0.4) is 0 Å².